The number of rotatable bonds is 4. The van der Waals surface area contributed by atoms with Gasteiger partial charge in [-0.05, 0) is 24.3 Å². The maximum atomic E-state index is 13.7. The van der Waals surface area contributed by atoms with Crippen molar-refractivity contribution in [3.8, 4) is 5.75 Å². The average Bonchev–Trinajstić information content (AvgIpc) is 2.40. The molecule has 0 bridgehead atoms. The van der Waals surface area contributed by atoms with Crippen molar-refractivity contribution in [3.05, 3.63) is 47.2 Å². The number of benzene rings is 2. The van der Waals surface area contributed by atoms with Crippen LogP contribution in [0, 0.1) is 5.82 Å². The molecule has 0 aliphatic carbocycles. The van der Waals surface area contributed by atoms with Crippen LogP contribution in [0.2, 0.25) is 5.02 Å². The molecule has 3 N–H and O–H groups in total. The van der Waals surface area contributed by atoms with Crippen LogP contribution in [0.5, 0.6) is 5.75 Å². The third-order valence-electron chi connectivity index (χ3n) is 2.68. The Morgan fingerprint density at radius 2 is 2.00 bits per heavy atom. The lowest BCUT2D eigenvalue weighted by Gasteiger charge is -2.12. The van der Waals surface area contributed by atoms with E-state index >= 15 is 0 Å². The number of halogens is 2. The molecule has 0 fully saturated rings. The SMILES string of the molecule is COc1ccc(Cl)c(NS(=O)(=O)c2c(N)cccc2F)c1. The molecule has 2 aromatic carbocycles. The van der Waals surface area contributed by atoms with Crippen molar-refractivity contribution < 1.29 is 17.5 Å². The summed E-state index contributed by atoms with van der Waals surface area (Å²) in [7, 11) is -2.79. The van der Waals surface area contributed by atoms with Crippen molar-refractivity contribution in [2.24, 2.45) is 0 Å². The fourth-order valence-corrected chi connectivity index (χ4v) is 3.20. The van der Waals surface area contributed by atoms with Gasteiger partial charge in [-0.15, -0.1) is 0 Å². The summed E-state index contributed by atoms with van der Waals surface area (Å²) in [5.41, 5.74) is 5.41. The number of nitrogen functional groups attached to an aromatic ring is 1. The molecule has 8 heteroatoms. The van der Waals surface area contributed by atoms with Crippen molar-refractivity contribution in [2.45, 2.75) is 4.90 Å². The van der Waals surface area contributed by atoms with Crippen LogP contribution in [0.25, 0.3) is 0 Å². The summed E-state index contributed by atoms with van der Waals surface area (Å²) in [5.74, 6) is -0.542. The van der Waals surface area contributed by atoms with E-state index in [1.807, 2.05) is 0 Å². The number of sulfonamides is 1. The van der Waals surface area contributed by atoms with Gasteiger partial charge in [0.2, 0.25) is 0 Å². The summed E-state index contributed by atoms with van der Waals surface area (Å²) in [6.07, 6.45) is 0. The predicted molar refractivity (Wildman–Crippen MR) is 79.6 cm³/mol. The van der Waals surface area contributed by atoms with E-state index in [1.165, 1.54) is 31.4 Å². The zero-order valence-corrected chi connectivity index (χ0v) is 12.5. The monoisotopic (exact) mass is 330 g/mol. The van der Waals surface area contributed by atoms with Crippen molar-refractivity contribution in [3.63, 3.8) is 0 Å². The highest BCUT2D eigenvalue weighted by atomic mass is 35.5. The van der Waals surface area contributed by atoms with Crippen LogP contribution in [0.1, 0.15) is 0 Å². The Bertz CT molecular complexity index is 761. The molecule has 0 spiro atoms. The largest absolute Gasteiger partial charge is 0.497 e. The first kappa shape index (κ1) is 15.4. The number of methoxy groups -OCH3 is 1. The van der Waals surface area contributed by atoms with E-state index in [-0.39, 0.29) is 16.4 Å². The Morgan fingerprint density at radius 1 is 1.29 bits per heavy atom. The smallest absolute Gasteiger partial charge is 0.266 e. The van der Waals surface area contributed by atoms with Gasteiger partial charge in [0, 0.05) is 6.07 Å². The van der Waals surface area contributed by atoms with Crippen LogP contribution in [0.3, 0.4) is 0 Å². The first-order valence-corrected chi connectivity index (χ1v) is 7.61. The van der Waals surface area contributed by atoms with Gasteiger partial charge in [0.05, 0.1) is 23.5 Å². The molecule has 112 valence electrons. The first-order chi connectivity index (χ1) is 9.85. The summed E-state index contributed by atoms with van der Waals surface area (Å²) in [6.45, 7) is 0. The van der Waals surface area contributed by atoms with Gasteiger partial charge in [-0.2, -0.15) is 0 Å². The second-order valence-electron chi connectivity index (χ2n) is 4.11. The van der Waals surface area contributed by atoms with Crippen molar-refractivity contribution in [1.82, 2.24) is 0 Å². The zero-order valence-electron chi connectivity index (χ0n) is 10.9. The van der Waals surface area contributed by atoms with Gasteiger partial charge in [0.15, 0.2) is 0 Å². The second-order valence-corrected chi connectivity index (χ2v) is 6.14. The van der Waals surface area contributed by atoms with Crippen molar-refractivity contribution in [1.29, 1.82) is 0 Å². The van der Waals surface area contributed by atoms with E-state index in [0.717, 1.165) is 6.07 Å². The average molecular weight is 331 g/mol. The molecule has 0 amide bonds. The topological polar surface area (TPSA) is 81.4 Å². The summed E-state index contributed by atoms with van der Waals surface area (Å²) >= 11 is 5.92. The van der Waals surface area contributed by atoms with Crippen LogP contribution < -0.4 is 15.2 Å². The molecule has 0 aliphatic heterocycles. The lowest BCUT2D eigenvalue weighted by Crippen LogP contribution is -2.16. The molecular formula is C13H12ClFN2O3S. The standard InChI is InChI=1S/C13H12ClFN2O3S/c1-20-8-5-6-9(14)12(7-8)17-21(18,19)13-10(15)3-2-4-11(13)16/h2-7,17H,16H2,1H3. The summed E-state index contributed by atoms with van der Waals surface area (Å²) in [4.78, 5) is -0.621. The number of ether oxygens (including phenoxy) is 1. The molecule has 0 heterocycles. The Kier molecular flexibility index (Phi) is 4.24. The molecule has 0 atom stereocenters. The molecule has 0 saturated carbocycles. The van der Waals surface area contributed by atoms with Gasteiger partial charge in [-0.1, -0.05) is 17.7 Å². The Hall–Kier alpha value is -1.99. The van der Waals surface area contributed by atoms with Gasteiger partial charge >= 0.3 is 0 Å². The zero-order chi connectivity index (χ0) is 15.6. The molecule has 0 aliphatic rings. The summed E-state index contributed by atoms with van der Waals surface area (Å²) in [5, 5.41) is 0.147. The van der Waals surface area contributed by atoms with E-state index in [2.05, 4.69) is 4.72 Å². The van der Waals surface area contributed by atoms with Gasteiger partial charge in [-0.25, -0.2) is 12.8 Å². The molecule has 2 rings (SSSR count). The molecule has 0 radical (unpaired) electrons. The van der Waals surface area contributed by atoms with Gasteiger partial charge in [-0.3, -0.25) is 4.72 Å². The number of hydrogen-bond donors (Lipinski definition) is 2. The Balaban J connectivity index is 2.47. The molecule has 21 heavy (non-hydrogen) atoms. The van der Waals surface area contributed by atoms with Crippen LogP contribution >= 0.6 is 11.6 Å². The molecule has 0 saturated heterocycles. The lowest BCUT2D eigenvalue weighted by molar-refractivity contribution is 0.415. The van der Waals surface area contributed by atoms with Crippen molar-refractivity contribution >= 4 is 33.0 Å². The van der Waals surface area contributed by atoms with E-state index in [1.54, 1.807) is 6.07 Å². The van der Waals surface area contributed by atoms with Gasteiger partial charge in [0.1, 0.15) is 16.5 Å². The Morgan fingerprint density at radius 3 is 2.62 bits per heavy atom. The van der Waals surface area contributed by atoms with E-state index in [4.69, 9.17) is 22.1 Å². The lowest BCUT2D eigenvalue weighted by atomic mass is 10.3. The van der Waals surface area contributed by atoms with Gasteiger partial charge in [0.25, 0.3) is 10.0 Å². The number of anilines is 2. The first-order valence-electron chi connectivity index (χ1n) is 5.75. The number of hydrogen-bond acceptors (Lipinski definition) is 4. The number of nitrogens with two attached hydrogens (primary N) is 1. The third-order valence-corrected chi connectivity index (χ3v) is 4.47. The van der Waals surface area contributed by atoms with Crippen LogP contribution in [0.4, 0.5) is 15.8 Å². The molecule has 0 aromatic heterocycles. The van der Waals surface area contributed by atoms with E-state index in [0.29, 0.717) is 5.75 Å². The fourth-order valence-electron chi connectivity index (χ4n) is 1.71. The maximum absolute atomic E-state index is 13.7. The molecule has 0 unspecified atom stereocenters. The normalized spacial score (nSPS) is 11.2. The highest BCUT2D eigenvalue weighted by molar-refractivity contribution is 7.93. The third kappa shape index (κ3) is 3.20. The van der Waals surface area contributed by atoms with Crippen LogP contribution in [-0.2, 0) is 10.0 Å². The minimum Gasteiger partial charge on any atom is -0.497 e. The highest BCUT2D eigenvalue weighted by Crippen LogP contribution is 2.30. The van der Waals surface area contributed by atoms with Crippen LogP contribution in [0.15, 0.2) is 41.3 Å². The fraction of sp³-hybridized carbons (Fsp3) is 0.0769. The minimum absolute atomic E-state index is 0.0682. The van der Waals surface area contributed by atoms with E-state index in [9.17, 15) is 12.8 Å². The van der Waals surface area contributed by atoms with Crippen LogP contribution in [-0.4, -0.2) is 15.5 Å². The van der Waals surface area contributed by atoms with Gasteiger partial charge < -0.3 is 10.5 Å². The molecular weight excluding hydrogens is 319 g/mol. The maximum Gasteiger partial charge on any atom is 0.266 e. The molecule has 5 nitrogen and oxygen atoms in total. The summed E-state index contributed by atoms with van der Waals surface area (Å²) < 4.78 is 45.5. The number of nitrogens with one attached hydrogen (secondary N) is 1. The summed E-state index contributed by atoms with van der Waals surface area (Å²) in [6, 6.07) is 8.04. The minimum atomic E-state index is -4.21. The van der Waals surface area contributed by atoms with Crippen molar-refractivity contribution in [2.75, 3.05) is 17.6 Å². The quantitative estimate of drug-likeness (QED) is 0.845. The van der Waals surface area contributed by atoms with E-state index < -0.39 is 20.7 Å². The highest BCUT2D eigenvalue weighted by Gasteiger charge is 2.23. The predicted octanol–water partition coefficient (Wildman–Crippen LogP) is 2.87. The second kappa shape index (κ2) is 5.79. The Labute approximate surface area is 126 Å². The molecule has 2 aromatic rings.